The van der Waals surface area contributed by atoms with Crippen molar-refractivity contribution < 1.29 is 10.2 Å². The van der Waals surface area contributed by atoms with Crippen LogP contribution in [0.2, 0.25) is 0 Å². The van der Waals surface area contributed by atoms with Gasteiger partial charge < -0.3 is 10.2 Å². The summed E-state index contributed by atoms with van der Waals surface area (Å²) in [6.45, 7) is 3.92. The minimum Gasteiger partial charge on any atom is -0.379 e. The molecular formula is C6H16N2O2. The zero-order chi connectivity index (χ0) is 7.98. The molecule has 4 nitrogen and oxygen atoms in total. The zero-order valence-electron chi connectivity index (χ0n) is 6.46. The quantitative estimate of drug-likeness (QED) is 0.385. The molecular weight excluding hydrogens is 132 g/mol. The van der Waals surface area contributed by atoms with Crippen molar-refractivity contribution in [2.45, 2.75) is 32.7 Å². The second kappa shape index (κ2) is 5.61. The van der Waals surface area contributed by atoms with Crippen LogP contribution >= 0.6 is 0 Å². The Balaban J connectivity index is 3.03. The van der Waals surface area contributed by atoms with E-state index in [1.807, 2.05) is 6.92 Å². The van der Waals surface area contributed by atoms with Crippen LogP contribution < -0.4 is 10.6 Å². The Bertz CT molecular complexity index is 78.1. The maximum atomic E-state index is 8.94. The van der Waals surface area contributed by atoms with Crippen molar-refractivity contribution in [1.82, 2.24) is 10.6 Å². The summed E-state index contributed by atoms with van der Waals surface area (Å²) in [4.78, 5) is 0. The lowest BCUT2D eigenvalue weighted by atomic mass is 10.4. The van der Waals surface area contributed by atoms with Crippen LogP contribution in [0.4, 0.5) is 0 Å². The van der Waals surface area contributed by atoms with E-state index in [1.165, 1.54) is 0 Å². The predicted molar refractivity (Wildman–Crippen MR) is 39.1 cm³/mol. The summed E-state index contributed by atoms with van der Waals surface area (Å²) in [6, 6.07) is 0. The first-order valence-corrected chi connectivity index (χ1v) is 3.49. The SMILES string of the molecule is CCC(O)NCNC(C)O. The van der Waals surface area contributed by atoms with Crippen molar-refractivity contribution in [3.05, 3.63) is 0 Å². The minimum absolute atomic E-state index is 0.423. The molecule has 0 radical (unpaired) electrons. The van der Waals surface area contributed by atoms with Gasteiger partial charge in [-0.2, -0.15) is 0 Å². The van der Waals surface area contributed by atoms with Crippen molar-refractivity contribution in [2.75, 3.05) is 6.67 Å². The van der Waals surface area contributed by atoms with Gasteiger partial charge in [-0.1, -0.05) is 6.92 Å². The van der Waals surface area contributed by atoms with E-state index < -0.39 is 12.5 Å². The number of rotatable bonds is 5. The van der Waals surface area contributed by atoms with Crippen LogP contribution in [-0.4, -0.2) is 29.3 Å². The molecule has 0 bridgehead atoms. The lowest BCUT2D eigenvalue weighted by molar-refractivity contribution is 0.108. The normalized spacial score (nSPS) is 16.8. The highest BCUT2D eigenvalue weighted by molar-refractivity contribution is 4.49. The molecule has 4 heteroatoms. The van der Waals surface area contributed by atoms with Gasteiger partial charge in [0.1, 0.15) is 12.5 Å². The van der Waals surface area contributed by atoms with Crippen molar-refractivity contribution in [1.29, 1.82) is 0 Å². The van der Waals surface area contributed by atoms with E-state index in [-0.39, 0.29) is 0 Å². The maximum Gasteiger partial charge on any atom is 0.105 e. The van der Waals surface area contributed by atoms with Crippen LogP contribution in [0.15, 0.2) is 0 Å². The summed E-state index contributed by atoms with van der Waals surface area (Å²) in [6.07, 6.45) is -0.343. The van der Waals surface area contributed by atoms with Crippen LogP contribution in [0.5, 0.6) is 0 Å². The first-order valence-electron chi connectivity index (χ1n) is 3.49. The predicted octanol–water partition coefficient (Wildman–Crippen LogP) is -0.810. The Labute approximate surface area is 61.3 Å². The fourth-order valence-corrected chi connectivity index (χ4v) is 0.469. The van der Waals surface area contributed by atoms with Crippen LogP contribution in [-0.2, 0) is 0 Å². The fourth-order valence-electron chi connectivity index (χ4n) is 0.469. The molecule has 0 fully saturated rings. The average molecular weight is 148 g/mol. The third-order valence-electron chi connectivity index (χ3n) is 1.12. The van der Waals surface area contributed by atoms with Crippen LogP contribution in [0.1, 0.15) is 20.3 Å². The molecule has 0 aromatic rings. The van der Waals surface area contributed by atoms with Gasteiger partial charge in [0.15, 0.2) is 0 Å². The van der Waals surface area contributed by atoms with Gasteiger partial charge in [-0.3, -0.25) is 10.6 Å². The topological polar surface area (TPSA) is 64.5 Å². The van der Waals surface area contributed by atoms with E-state index in [4.69, 9.17) is 10.2 Å². The van der Waals surface area contributed by atoms with Crippen LogP contribution in [0.25, 0.3) is 0 Å². The summed E-state index contributed by atoms with van der Waals surface area (Å²) in [5.41, 5.74) is 0. The summed E-state index contributed by atoms with van der Waals surface area (Å²) in [5, 5.41) is 23.1. The minimum atomic E-state index is -0.531. The number of nitrogens with one attached hydrogen (secondary N) is 2. The molecule has 10 heavy (non-hydrogen) atoms. The van der Waals surface area contributed by atoms with Gasteiger partial charge in [-0.15, -0.1) is 0 Å². The van der Waals surface area contributed by atoms with E-state index in [2.05, 4.69) is 10.6 Å². The van der Waals surface area contributed by atoms with Gasteiger partial charge in [0.25, 0.3) is 0 Å². The molecule has 0 aromatic heterocycles. The standard InChI is InChI=1S/C6H16N2O2/c1-3-6(10)8-4-7-5(2)9/h5-10H,3-4H2,1-2H3. The summed E-state index contributed by atoms with van der Waals surface area (Å²) < 4.78 is 0. The molecule has 4 N–H and O–H groups in total. The van der Waals surface area contributed by atoms with Crippen LogP contribution in [0, 0.1) is 0 Å². The molecule has 0 rings (SSSR count). The smallest absolute Gasteiger partial charge is 0.105 e. The summed E-state index contributed by atoms with van der Waals surface area (Å²) in [7, 11) is 0. The highest BCUT2D eigenvalue weighted by Gasteiger charge is 1.97. The molecule has 62 valence electrons. The Morgan fingerprint density at radius 1 is 1.30 bits per heavy atom. The Morgan fingerprint density at radius 3 is 2.30 bits per heavy atom. The number of aliphatic hydroxyl groups excluding tert-OH is 2. The number of hydrogen-bond donors (Lipinski definition) is 4. The molecule has 0 amide bonds. The van der Waals surface area contributed by atoms with Gasteiger partial charge in [-0.25, -0.2) is 0 Å². The third kappa shape index (κ3) is 5.97. The van der Waals surface area contributed by atoms with Gasteiger partial charge in [0, 0.05) is 6.67 Å². The second-order valence-corrected chi connectivity index (χ2v) is 2.19. The van der Waals surface area contributed by atoms with Crippen molar-refractivity contribution in [3.63, 3.8) is 0 Å². The van der Waals surface area contributed by atoms with Crippen molar-refractivity contribution in [2.24, 2.45) is 0 Å². The van der Waals surface area contributed by atoms with Crippen LogP contribution in [0.3, 0.4) is 0 Å². The highest BCUT2D eigenvalue weighted by Crippen LogP contribution is 1.80. The third-order valence-corrected chi connectivity index (χ3v) is 1.12. The Morgan fingerprint density at radius 2 is 1.90 bits per heavy atom. The molecule has 0 aliphatic heterocycles. The van der Waals surface area contributed by atoms with E-state index in [0.717, 1.165) is 0 Å². The van der Waals surface area contributed by atoms with Gasteiger partial charge >= 0.3 is 0 Å². The molecule has 0 aliphatic carbocycles. The summed E-state index contributed by atoms with van der Waals surface area (Å²) >= 11 is 0. The Kier molecular flexibility index (Phi) is 5.52. The van der Waals surface area contributed by atoms with Crippen molar-refractivity contribution in [3.8, 4) is 0 Å². The first-order chi connectivity index (χ1) is 4.66. The van der Waals surface area contributed by atoms with Crippen molar-refractivity contribution >= 4 is 0 Å². The highest BCUT2D eigenvalue weighted by atomic mass is 16.3. The number of hydrogen-bond acceptors (Lipinski definition) is 4. The molecule has 0 aromatic carbocycles. The Hall–Kier alpha value is -0.160. The van der Waals surface area contributed by atoms with E-state index in [1.54, 1.807) is 6.92 Å². The van der Waals surface area contributed by atoms with Gasteiger partial charge in [0.05, 0.1) is 0 Å². The molecule has 2 unspecified atom stereocenters. The summed E-state index contributed by atoms with van der Waals surface area (Å²) in [5.74, 6) is 0. The molecule has 0 spiro atoms. The van der Waals surface area contributed by atoms with E-state index in [9.17, 15) is 0 Å². The number of aliphatic hydroxyl groups is 2. The molecule has 0 aliphatic rings. The van der Waals surface area contributed by atoms with Gasteiger partial charge in [-0.05, 0) is 13.3 Å². The zero-order valence-corrected chi connectivity index (χ0v) is 6.46. The second-order valence-electron chi connectivity index (χ2n) is 2.19. The molecule has 0 heterocycles. The molecule has 0 saturated heterocycles. The lowest BCUT2D eigenvalue weighted by Gasteiger charge is -2.12. The monoisotopic (exact) mass is 148 g/mol. The molecule has 2 atom stereocenters. The van der Waals surface area contributed by atoms with E-state index >= 15 is 0 Å². The fraction of sp³-hybridized carbons (Fsp3) is 1.00. The lowest BCUT2D eigenvalue weighted by Crippen LogP contribution is -2.40. The largest absolute Gasteiger partial charge is 0.379 e. The first kappa shape index (κ1) is 9.84. The maximum absolute atomic E-state index is 8.94. The van der Waals surface area contributed by atoms with E-state index in [0.29, 0.717) is 13.1 Å². The average Bonchev–Trinajstić information content (AvgIpc) is 1.87. The molecule has 0 saturated carbocycles. The van der Waals surface area contributed by atoms with Gasteiger partial charge in [0.2, 0.25) is 0 Å².